The number of pyridine rings is 1. The third kappa shape index (κ3) is 5.66. The average molecular weight is 508 g/mol. The van der Waals surface area contributed by atoms with Crippen molar-refractivity contribution in [2.75, 3.05) is 24.3 Å². The lowest BCUT2D eigenvalue weighted by Gasteiger charge is -2.14. The Hall–Kier alpha value is -3.91. The Labute approximate surface area is 211 Å². The molecular formula is C28H24F3N3OS. The second-order valence-electron chi connectivity index (χ2n) is 8.35. The van der Waals surface area contributed by atoms with Gasteiger partial charge in [-0.15, -0.1) is 11.3 Å². The summed E-state index contributed by atoms with van der Waals surface area (Å²) < 4.78 is 40.2. The molecule has 4 rings (SSSR count). The van der Waals surface area contributed by atoms with Crippen molar-refractivity contribution in [2.24, 2.45) is 0 Å². The van der Waals surface area contributed by atoms with Gasteiger partial charge in [-0.25, -0.2) is 0 Å². The minimum atomic E-state index is -4.41. The molecule has 0 aliphatic carbocycles. The number of amides is 1. The fourth-order valence-electron chi connectivity index (χ4n) is 3.76. The highest BCUT2D eigenvalue weighted by Crippen LogP contribution is 2.35. The van der Waals surface area contributed by atoms with Crippen LogP contribution in [0.2, 0.25) is 0 Å². The number of hydrogen-bond donors (Lipinski definition) is 1. The highest BCUT2D eigenvalue weighted by Gasteiger charge is 2.30. The number of rotatable bonds is 6. The van der Waals surface area contributed by atoms with E-state index in [1.54, 1.807) is 35.9 Å². The van der Waals surface area contributed by atoms with Crippen LogP contribution in [0.4, 0.5) is 24.5 Å². The average Bonchev–Trinajstić information content (AvgIpc) is 3.16. The van der Waals surface area contributed by atoms with E-state index in [1.165, 1.54) is 18.2 Å². The van der Waals surface area contributed by atoms with E-state index >= 15 is 0 Å². The number of nitrogens with one attached hydrogen (secondary N) is 1. The zero-order valence-electron chi connectivity index (χ0n) is 19.9. The molecule has 2 aromatic heterocycles. The standard InChI is InChI=1S/C28H24F3N3OS/c1-18-27(24-15-16-32-17-25(24)36-18)33-26(35)6-4-5-23(20-9-13-22(14-10-20)34(2)3)19-7-11-21(12-8-19)28(29,30)31/h4-17H,1-3H3,(H,33,35). The minimum Gasteiger partial charge on any atom is -0.378 e. The molecule has 0 atom stereocenters. The van der Waals surface area contributed by atoms with Gasteiger partial charge in [0, 0.05) is 48.5 Å². The van der Waals surface area contributed by atoms with Gasteiger partial charge in [0.15, 0.2) is 0 Å². The van der Waals surface area contributed by atoms with E-state index in [9.17, 15) is 18.0 Å². The van der Waals surface area contributed by atoms with Crippen LogP contribution < -0.4 is 10.2 Å². The minimum absolute atomic E-state index is 0.305. The lowest BCUT2D eigenvalue weighted by atomic mass is 9.96. The van der Waals surface area contributed by atoms with Gasteiger partial charge in [-0.1, -0.05) is 36.4 Å². The van der Waals surface area contributed by atoms with E-state index in [-0.39, 0.29) is 5.91 Å². The summed E-state index contributed by atoms with van der Waals surface area (Å²) in [6, 6.07) is 14.5. The molecule has 36 heavy (non-hydrogen) atoms. The molecule has 0 radical (unpaired) electrons. The predicted molar refractivity (Wildman–Crippen MR) is 141 cm³/mol. The normalized spacial score (nSPS) is 12.3. The first kappa shape index (κ1) is 25.2. The smallest absolute Gasteiger partial charge is 0.378 e. The number of anilines is 2. The molecule has 0 saturated carbocycles. The third-order valence-corrected chi connectivity index (χ3v) is 6.70. The summed E-state index contributed by atoms with van der Waals surface area (Å²) >= 11 is 1.55. The number of carbonyl (C=O) groups is 1. The summed E-state index contributed by atoms with van der Waals surface area (Å²) in [7, 11) is 3.86. The highest BCUT2D eigenvalue weighted by molar-refractivity contribution is 7.19. The lowest BCUT2D eigenvalue weighted by molar-refractivity contribution is -0.137. The molecule has 2 heterocycles. The molecule has 8 heteroatoms. The summed E-state index contributed by atoms with van der Waals surface area (Å²) in [5.74, 6) is -0.305. The molecule has 0 fully saturated rings. The topological polar surface area (TPSA) is 45.2 Å². The van der Waals surface area contributed by atoms with Crippen LogP contribution in [0, 0.1) is 6.92 Å². The second-order valence-corrected chi connectivity index (χ2v) is 9.61. The van der Waals surface area contributed by atoms with E-state index in [2.05, 4.69) is 10.3 Å². The van der Waals surface area contributed by atoms with Crippen molar-refractivity contribution < 1.29 is 18.0 Å². The van der Waals surface area contributed by atoms with Crippen LogP contribution in [-0.2, 0) is 11.0 Å². The number of halogens is 3. The zero-order chi connectivity index (χ0) is 25.9. The van der Waals surface area contributed by atoms with Crippen LogP contribution in [0.1, 0.15) is 21.6 Å². The molecule has 0 saturated heterocycles. The van der Waals surface area contributed by atoms with Gasteiger partial charge >= 0.3 is 6.18 Å². The van der Waals surface area contributed by atoms with E-state index in [1.807, 2.05) is 56.3 Å². The van der Waals surface area contributed by atoms with Gasteiger partial charge in [0.25, 0.3) is 0 Å². The number of allylic oxidation sites excluding steroid dienone is 2. The fraction of sp³-hybridized carbons (Fsp3) is 0.143. The van der Waals surface area contributed by atoms with Crippen molar-refractivity contribution in [2.45, 2.75) is 13.1 Å². The number of aromatic nitrogens is 1. The SMILES string of the molecule is Cc1sc2cnccc2c1NC(=O)C=CC=C(c1ccc(N(C)C)cc1)c1ccc(C(F)(F)F)cc1. The van der Waals surface area contributed by atoms with Crippen molar-refractivity contribution in [1.82, 2.24) is 4.98 Å². The van der Waals surface area contributed by atoms with Crippen LogP contribution in [0.3, 0.4) is 0 Å². The van der Waals surface area contributed by atoms with Crippen LogP contribution in [-0.4, -0.2) is 25.0 Å². The van der Waals surface area contributed by atoms with E-state index in [0.29, 0.717) is 11.1 Å². The number of hydrogen-bond acceptors (Lipinski definition) is 4. The van der Waals surface area contributed by atoms with Gasteiger partial charge in [0.1, 0.15) is 0 Å². The van der Waals surface area contributed by atoms with Crippen molar-refractivity contribution in [3.63, 3.8) is 0 Å². The Bertz CT molecular complexity index is 1430. The van der Waals surface area contributed by atoms with Crippen LogP contribution in [0.25, 0.3) is 15.7 Å². The third-order valence-electron chi connectivity index (χ3n) is 5.65. The molecule has 184 valence electrons. The number of carbonyl (C=O) groups excluding carboxylic acids is 1. The summed E-state index contributed by atoms with van der Waals surface area (Å²) in [6.45, 7) is 1.93. The van der Waals surface area contributed by atoms with Gasteiger partial charge < -0.3 is 10.2 Å². The monoisotopic (exact) mass is 507 g/mol. The van der Waals surface area contributed by atoms with Crippen molar-refractivity contribution >= 4 is 44.3 Å². The number of aryl methyl sites for hydroxylation is 1. The Morgan fingerprint density at radius 2 is 1.64 bits per heavy atom. The molecule has 0 unspecified atom stereocenters. The largest absolute Gasteiger partial charge is 0.416 e. The number of thiophene rings is 1. The van der Waals surface area contributed by atoms with Crippen LogP contribution in [0.5, 0.6) is 0 Å². The molecule has 1 amide bonds. The first-order valence-electron chi connectivity index (χ1n) is 11.1. The quantitative estimate of drug-likeness (QED) is 0.220. The second kappa shape index (κ2) is 10.4. The Morgan fingerprint density at radius 3 is 2.25 bits per heavy atom. The molecule has 0 aliphatic heterocycles. The van der Waals surface area contributed by atoms with Crippen molar-refractivity contribution in [1.29, 1.82) is 0 Å². The Kier molecular flexibility index (Phi) is 7.26. The van der Waals surface area contributed by atoms with Crippen molar-refractivity contribution in [3.8, 4) is 0 Å². The molecule has 2 aromatic carbocycles. The molecule has 4 aromatic rings. The maximum Gasteiger partial charge on any atom is 0.416 e. The van der Waals surface area contributed by atoms with E-state index in [4.69, 9.17) is 0 Å². The number of fused-ring (bicyclic) bond motifs is 1. The number of alkyl halides is 3. The van der Waals surface area contributed by atoms with Gasteiger partial charge in [-0.2, -0.15) is 13.2 Å². The van der Waals surface area contributed by atoms with Gasteiger partial charge in [0.05, 0.1) is 16.0 Å². The molecular weight excluding hydrogens is 483 g/mol. The maximum absolute atomic E-state index is 13.1. The Balaban J connectivity index is 1.63. The molecule has 0 bridgehead atoms. The zero-order valence-corrected chi connectivity index (χ0v) is 20.7. The van der Waals surface area contributed by atoms with E-state index in [0.717, 1.165) is 44.0 Å². The molecule has 4 nitrogen and oxygen atoms in total. The van der Waals surface area contributed by atoms with E-state index < -0.39 is 11.7 Å². The summed E-state index contributed by atoms with van der Waals surface area (Å²) in [4.78, 5) is 19.7. The van der Waals surface area contributed by atoms with Crippen LogP contribution >= 0.6 is 11.3 Å². The molecule has 0 spiro atoms. The first-order chi connectivity index (χ1) is 17.1. The predicted octanol–water partition coefficient (Wildman–Crippen LogP) is 7.32. The maximum atomic E-state index is 13.1. The van der Waals surface area contributed by atoms with Gasteiger partial charge in [-0.3, -0.25) is 9.78 Å². The number of nitrogens with zero attached hydrogens (tertiary/aromatic N) is 2. The van der Waals surface area contributed by atoms with Gasteiger partial charge in [-0.05, 0) is 54.0 Å². The summed E-state index contributed by atoms with van der Waals surface area (Å²) in [6.07, 6.45) is 3.78. The summed E-state index contributed by atoms with van der Waals surface area (Å²) in [5, 5.41) is 3.85. The van der Waals surface area contributed by atoms with Crippen molar-refractivity contribution in [3.05, 3.63) is 107 Å². The lowest BCUT2D eigenvalue weighted by Crippen LogP contribution is -2.08. The fourth-order valence-corrected chi connectivity index (χ4v) is 4.75. The highest BCUT2D eigenvalue weighted by atomic mass is 32.1. The Morgan fingerprint density at radius 1 is 1.00 bits per heavy atom. The van der Waals surface area contributed by atoms with Gasteiger partial charge in [0.2, 0.25) is 5.91 Å². The number of benzene rings is 2. The van der Waals surface area contributed by atoms with Crippen LogP contribution in [0.15, 0.2) is 85.2 Å². The molecule has 0 aliphatic rings. The summed E-state index contributed by atoms with van der Waals surface area (Å²) in [5.41, 5.74) is 3.15. The molecule has 1 N–H and O–H groups in total. The first-order valence-corrected chi connectivity index (χ1v) is 11.9.